The van der Waals surface area contributed by atoms with Crippen LogP contribution in [0.5, 0.6) is 5.75 Å². The van der Waals surface area contributed by atoms with Crippen molar-refractivity contribution < 1.29 is 9.84 Å². The highest BCUT2D eigenvalue weighted by molar-refractivity contribution is 6.28. The molecule has 0 saturated carbocycles. The summed E-state index contributed by atoms with van der Waals surface area (Å²) in [6.45, 7) is 0.558. The van der Waals surface area contributed by atoms with E-state index in [0.717, 1.165) is 16.9 Å². The smallest absolute Gasteiger partial charge is 0.226 e. The molecule has 0 aliphatic rings. The molecule has 3 rings (SSSR count). The highest BCUT2D eigenvalue weighted by Crippen LogP contribution is 2.23. The summed E-state index contributed by atoms with van der Waals surface area (Å²) in [6.07, 6.45) is 2.15. The molecule has 2 aromatic heterocycles. The molecule has 0 saturated heterocycles. The summed E-state index contributed by atoms with van der Waals surface area (Å²) in [4.78, 5) is 8.11. The van der Waals surface area contributed by atoms with Gasteiger partial charge < -0.3 is 15.6 Å². The summed E-state index contributed by atoms with van der Waals surface area (Å²) in [6, 6.07) is 5.80. The summed E-state index contributed by atoms with van der Waals surface area (Å²) in [5.74, 6) is 1.06. The first kappa shape index (κ1) is 15.5. The maximum atomic E-state index is 9.17. The molecule has 120 valence electrons. The number of nitrogens with zero attached hydrogens (tertiary/aromatic N) is 4. The molecule has 0 unspecified atom stereocenters. The van der Waals surface area contributed by atoms with Gasteiger partial charge in [-0.3, -0.25) is 0 Å². The Labute approximate surface area is 137 Å². The average molecular weight is 334 g/mol. The summed E-state index contributed by atoms with van der Waals surface area (Å²) in [5.41, 5.74) is 8.37. The standard InChI is InChI=1S/C15H16ClN5O2/c1-23-12-3-2-9(6-10(12)4-5-22)8-21-14-11(7-18-21)13(17)19-15(16)20-14/h2-3,6-7,22H,4-5,8H2,1H3,(H2,17,19,20). The van der Waals surface area contributed by atoms with Gasteiger partial charge in [0.15, 0.2) is 5.65 Å². The van der Waals surface area contributed by atoms with Crippen LogP contribution >= 0.6 is 11.6 Å². The van der Waals surface area contributed by atoms with Crippen LogP contribution in [0.15, 0.2) is 24.4 Å². The Morgan fingerprint density at radius 2 is 2.17 bits per heavy atom. The maximum absolute atomic E-state index is 9.17. The van der Waals surface area contributed by atoms with Gasteiger partial charge in [0.2, 0.25) is 5.28 Å². The van der Waals surface area contributed by atoms with Gasteiger partial charge in [-0.1, -0.05) is 12.1 Å². The predicted molar refractivity (Wildman–Crippen MR) is 87.6 cm³/mol. The van der Waals surface area contributed by atoms with Crippen LogP contribution in [0.25, 0.3) is 11.0 Å². The molecule has 0 atom stereocenters. The number of hydrogen-bond acceptors (Lipinski definition) is 6. The molecule has 8 heteroatoms. The molecule has 2 heterocycles. The van der Waals surface area contributed by atoms with Crippen molar-refractivity contribution in [2.45, 2.75) is 13.0 Å². The van der Waals surface area contributed by atoms with Gasteiger partial charge in [-0.05, 0) is 35.2 Å². The van der Waals surface area contributed by atoms with Crippen molar-refractivity contribution in [2.24, 2.45) is 0 Å². The van der Waals surface area contributed by atoms with E-state index in [-0.39, 0.29) is 11.9 Å². The summed E-state index contributed by atoms with van der Waals surface area (Å²) in [5, 5.41) is 14.2. The van der Waals surface area contributed by atoms with Gasteiger partial charge in [0.05, 0.1) is 25.2 Å². The van der Waals surface area contributed by atoms with E-state index in [1.807, 2.05) is 18.2 Å². The van der Waals surface area contributed by atoms with E-state index in [4.69, 9.17) is 22.1 Å². The molecule has 0 aliphatic carbocycles. The van der Waals surface area contributed by atoms with E-state index < -0.39 is 0 Å². The van der Waals surface area contributed by atoms with Crippen molar-refractivity contribution in [1.82, 2.24) is 19.7 Å². The summed E-state index contributed by atoms with van der Waals surface area (Å²) < 4.78 is 7.01. The minimum Gasteiger partial charge on any atom is -0.496 e. The second-order valence-electron chi connectivity index (χ2n) is 5.04. The molecule has 0 amide bonds. The van der Waals surface area contributed by atoms with Crippen LogP contribution < -0.4 is 10.5 Å². The summed E-state index contributed by atoms with van der Waals surface area (Å²) in [7, 11) is 1.61. The molecule has 0 bridgehead atoms. The number of hydrogen-bond donors (Lipinski definition) is 2. The third-order valence-electron chi connectivity index (χ3n) is 3.56. The molecule has 0 radical (unpaired) electrons. The van der Waals surface area contributed by atoms with Gasteiger partial charge in [-0.2, -0.15) is 10.1 Å². The minimum absolute atomic E-state index is 0.0594. The number of fused-ring (bicyclic) bond motifs is 1. The lowest BCUT2D eigenvalue weighted by atomic mass is 10.1. The molecule has 23 heavy (non-hydrogen) atoms. The third-order valence-corrected chi connectivity index (χ3v) is 3.73. The second-order valence-corrected chi connectivity index (χ2v) is 5.38. The van der Waals surface area contributed by atoms with Crippen molar-refractivity contribution >= 4 is 28.5 Å². The highest BCUT2D eigenvalue weighted by atomic mass is 35.5. The van der Waals surface area contributed by atoms with E-state index in [1.54, 1.807) is 18.0 Å². The SMILES string of the molecule is COc1ccc(Cn2ncc3c(N)nc(Cl)nc32)cc1CCO. The van der Waals surface area contributed by atoms with Crippen LogP contribution in [-0.2, 0) is 13.0 Å². The van der Waals surface area contributed by atoms with Crippen LogP contribution in [-0.4, -0.2) is 38.6 Å². The Kier molecular flexibility index (Phi) is 4.31. The lowest BCUT2D eigenvalue weighted by Crippen LogP contribution is -2.05. The zero-order valence-electron chi connectivity index (χ0n) is 12.5. The van der Waals surface area contributed by atoms with Crippen LogP contribution in [0.2, 0.25) is 5.28 Å². The number of aliphatic hydroxyl groups is 1. The van der Waals surface area contributed by atoms with Crippen LogP contribution in [0.1, 0.15) is 11.1 Å². The minimum atomic E-state index is 0.0594. The van der Waals surface area contributed by atoms with Crippen molar-refractivity contribution in [3.8, 4) is 5.75 Å². The van der Waals surface area contributed by atoms with Crippen LogP contribution in [0.4, 0.5) is 5.82 Å². The van der Waals surface area contributed by atoms with E-state index in [9.17, 15) is 5.11 Å². The van der Waals surface area contributed by atoms with Gasteiger partial charge in [-0.25, -0.2) is 9.67 Å². The first-order valence-electron chi connectivity index (χ1n) is 7.03. The predicted octanol–water partition coefficient (Wildman–Crippen LogP) is 1.65. The highest BCUT2D eigenvalue weighted by Gasteiger charge is 2.11. The topological polar surface area (TPSA) is 99.1 Å². The molecule has 0 aliphatic heterocycles. The number of nitrogens with two attached hydrogens (primary N) is 1. The Balaban J connectivity index is 1.97. The Hall–Kier alpha value is -2.38. The number of rotatable bonds is 5. The van der Waals surface area contributed by atoms with Crippen molar-refractivity contribution in [1.29, 1.82) is 0 Å². The van der Waals surface area contributed by atoms with Gasteiger partial charge in [-0.15, -0.1) is 0 Å². The van der Waals surface area contributed by atoms with E-state index in [1.165, 1.54) is 0 Å². The molecule has 7 nitrogen and oxygen atoms in total. The maximum Gasteiger partial charge on any atom is 0.226 e. The second kappa shape index (κ2) is 6.39. The van der Waals surface area contributed by atoms with E-state index in [0.29, 0.717) is 29.8 Å². The fourth-order valence-corrected chi connectivity index (χ4v) is 2.66. The van der Waals surface area contributed by atoms with Gasteiger partial charge in [0, 0.05) is 6.61 Å². The fourth-order valence-electron chi connectivity index (χ4n) is 2.48. The first-order valence-corrected chi connectivity index (χ1v) is 7.41. The lowest BCUT2D eigenvalue weighted by Gasteiger charge is -2.10. The Bertz CT molecular complexity index is 849. The van der Waals surface area contributed by atoms with Gasteiger partial charge in [0.25, 0.3) is 0 Å². The number of ether oxygens (including phenoxy) is 1. The quantitative estimate of drug-likeness (QED) is 0.689. The first-order chi connectivity index (χ1) is 11.1. The number of aromatic nitrogens is 4. The largest absolute Gasteiger partial charge is 0.496 e. The number of benzene rings is 1. The molecule has 0 spiro atoms. The van der Waals surface area contributed by atoms with Crippen molar-refractivity contribution in [3.05, 3.63) is 40.8 Å². The average Bonchev–Trinajstić information content (AvgIpc) is 2.91. The molecular weight excluding hydrogens is 318 g/mol. The number of anilines is 1. The third kappa shape index (κ3) is 3.06. The number of aliphatic hydroxyl groups excluding tert-OH is 1. The zero-order valence-corrected chi connectivity index (χ0v) is 13.3. The normalized spacial score (nSPS) is 11.1. The molecular formula is C15H16ClN5O2. The number of halogens is 1. The van der Waals surface area contributed by atoms with Crippen LogP contribution in [0, 0.1) is 0 Å². The molecule has 0 fully saturated rings. The Morgan fingerprint density at radius 3 is 2.91 bits per heavy atom. The molecule has 3 N–H and O–H groups in total. The van der Waals surface area contributed by atoms with Crippen molar-refractivity contribution in [3.63, 3.8) is 0 Å². The monoisotopic (exact) mass is 333 g/mol. The fraction of sp³-hybridized carbons (Fsp3) is 0.267. The lowest BCUT2D eigenvalue weighted by molar-refractivity contribution is 0.296. The number of nitrogen functional groups attached to an aromatic ring is 1. The van der Waals surface area contributed by atoms with E-state index >= 15 is 0 Å². The van der Waals surface area contributed by atoms with E-state index in [2.05, 4.69) is 15.1 Å². The van der Waals surface area contributed by atoms with Gasteiger partial charge >= 0.3 is 0 Å². The Morgan fingerprint density at radius 1 is 1.35 bits per heavy atom. The molecule has 3 aromatic rings. The zero-order chi connectivity index (χ0) is 16.4. The van der Waals surface area contributed by atoms with Crippen LogP contribution in [0.3, 0.4) is 0 Å². The number of methoxy groups -OCH3 is 1. The van der Waals surface area contributed by atoms with Crippen molar-refractivity contribution in [2.75, 3.05) is 19.5 Å². The molecule has 1 aromatic carbocycles. The van der Waals surface area contributed by atoms with Gasteiger partial charge in [0.1, 0.15) is 11.6 Å². The summed E-state index contributed by atoms with van der Waals surface area (Å²) >= 11 is 5.87.